The van der Waals surface area contributed by atoms with Gasteiger partial charge in [0.1, 0.15) is 23.7 Å². The second-order valence-corrected chi connectivity index (χ2v) is 17.5. The smallest absolute Gasteiger partial charge is 0.410 e. The number of rotatable bonds is 10. The number of nitrogens with zero attached hydrogens (tertiary/aromatic N) is 5. The van der Waals surface area contributed by atoms with Crippen molar-refractivity contribution in [3.63, 3.8) is 0 Å². The second-order valence-electron chi connectivity index (χ2n) is 11.9. The summed E-state index contributed by atoms with van der Waals surface area (Å²) in [5.41, 5.74) is 1.32. The molecule has 0 radical (unpaired) electrons. The van der Waals surface area contributed by atoms with E-state index in [0.717, 1.165) is 18.9 Å². The van der Waals surface area contributed by atoms with Crippen LogP contribution in [-0.2, 0) is 16.2 Å². The maximum Gasteiger partial charge on any atom is 0.410 e. The molecule has 200 valence electrons. The zero-order chi connectivity index (χ0) is 26.7. The highest BCUT2D eigenvalue weighted by molar-refractivity contribution is 6.76. The zero-order valence-electron chi connectivity index (χ0n) is 23.3. The lowest BCUT2D eigenvalue weighted by molar-refractivity contribution is 0.0292. The Morgan fingerprint density at radius 2 is 1.97 bits per heavy atom. The molecule has 10 heteroatoms. The van der Waals surface area contributed by atoms with Gasteiger partial charge in [-0.05, 0) is 39.7 Å². The molecule has 9 nitrogen and oxygen atoms in total. The van der Waals surface area contributed by atoms with Crippen molar-refractivity contribution in [1.82, 2.24) is 19.4 Å². The van der Waals surface area contributed by atoms with Crippen LogP contribution in [0.5, 0.6) is 0 Å². The van der Waals surface area contributed by atoms with Crippen molar-refractivity contribution >= 4 is 36.9 Å². The Labute approximate surface area is 216 Å². The number of carbonyl (C=O) groups excluding carboxylic acids is 2. The van der Waals surface area contributed by atoms with Crippen LogP contribution in [-0.4, -0.2) is 77.8 Å². The van der Waals surface area contributed by atoms with E-state index in [4.69, 9.17) is 19.4 Å². The Hall–Kier alpha value is -2.46. The number of amides is 1. The number of likely N-dealkylation sites (tertiary alicyclic amines) is 1. The van der Waals surface area contributed by atoms with Crippen LogP contribution in [0.15, 0.2) is 12.4 Å². The van der Waals surface area contributed by atoms with Gasteiger partial charge in [0.05, 0.1) is 11.8 Å². The predicted molar refractivity (Wildman–Crippen MR) is 145 cm³/mol. The van der Waals surface area contributed by atoms with Crippen molar-refractivity contribution in [3.8, 4) is 0 Å². The van der Waals surface area contributed by atoms with E-state index in [0.29, 0.717) is 55.4 Å². The Morgan fingerprint density at radius 1 is 1.25 bits per heavy atom. The SMILES string of the molecule is CCCC(=O)c1cn(COCC[Si](C)(C)C)c2ncc(N(C)C3CCN(C(=O)OC(C)(C)C)C3)nc12. The summed E-state index contributed by atoms with van der Waals surface area (Å²) in [7, 11) is 0.777. The largest absolute Gasteiger partial charge is 0.444 e. The van der Waals surface area contributed by atoms with Gasteiger partial charge in [0.2, 0.25) is 0 Å². The van der Waals surface area contributed by atoms with E-state index in [1.54, 1.807) is 11.1 Å². The fourth-order valence-corrected chi connectivity index (χ4v) is 4.91. The molecule has 36 heavy (non-hydrogen) atoms. The van der Waals surface area contributed by atoms with E-state index < -0.39 is 13.7 Å². The molecule has 1 atom stereocenters. The summed E-state index contributed by atoms with van der Waals surface area (Å²) in [6, 6.07) is 1.17. The number of hydrogen-bond acceptors (Lipinski definition) is 7. The van der Waals surface area contributed by atoms with Crippen LogP contribution in [0.1, 0.15) is 57.3 Å². The van der Waals surface area contributed by atoms with Gasteiger partial charge in [-0.2, -0.15) is 0 Å². The summed E-state index contributed by atoms with van der Waals surface area (Å²) in [4.78, 5) is 38.8. The summed E-state index contributed by atoms with van der Waals surface area (Å²) in [6.07, 6.45) is 5.33. The van der Waals surface area contributed by atoms with Gasteiger partial charge in [0.15, 0.2) is 11.4 Å². The summed E-state index contributed by atoms with van der Waals surface area (Å²) < 4.78 is 13.4. The quantitative estimate of drug-likeness (QED) is 0.244. The van der Waals surface area contributed by atoms with E-state index in [-0.39, 0.29) is 17.9 Å². The summed E-state index contributed by atoms with van der Waals surface area (Å²) in [5, 5.41) is 0. The van der Waals surface area contributed by atoms with Gasteiger partial charge >= 0.3 is 6.09 Å². The van der Waals surface area contributed by atoms with Gasteiger partial charge in [0.25, 0.3) is 0 Å². The van der Waals surface area contributed by atoms with Crippen LogP contribution in [0.4, 0.5) is 10.6 Å². The topological polar surface area (TPSA) is 89.8 Å². The fraction of sp³-hybridized carbons (Fsp3) is 0.692. The van der Waals surface area contributed by atoms with Crippen molar-refractivity contribution in [1.29, 1.82) is 0 Å². The second kappa shape index (κ2) is 11.3. The number of fused-ring (bicyclic) bond motifs is 1. The first-order valence-corrected chi connectivity index (χ1v) is 16.7. The Morgan fingerprint density at radius 3 is 2.61 bits per heavy atom. The molecule has 0 aliphatic carbocycles. The minimum Gasteiger partial charge on any atom is -0.444 e. The van der Waals surface area contributed by atoms with Gasteiger partial charge < -0.3 is 23.8 Å². The first kappa shape index (κ1) is 28.1. The number of anilines is 1. The number of hydrogen-bond donors (Lipinski definition) is 0. The molecule has 1 fully saturated rings. The highest BCUT2D eigenvalue weighted by atomic mass is 28.3. The Kier molecular flexibility index (Phi) is 8.82. The van der Waals surface area contributed by atoms with Crippen molar-refractivity contribution in [2.45, 2.75) is 91.0 Å². The molecular formula is C26H43N5O4Si. The third-order valence-electron chi connectivity index (χ3n) is 6.28. The number of ketones is 1. The molecule has 3 heterocycles. The summed E-state index contributed by atoms with van der Waals surface area (Å²) >= 11 is 0. The molecule has 0 aromatic carbocycles. The van der Waals surface area contributed by atoms with Gasteiger partial charge in [-0.15, -0.1) is 0 Å². The van der Waals surface area contributed by atoms with Crippen LogP contribution >= 0.6 is 0 Å². The summed E-state index contributed by atoms with van der Waals surface area (Å²) in [6.45, 7) is 16.8. The van der Waals surface area contributed by atoms with Crippen LogP contribution in [0, 0.1) is 0 Å². The lowest BCUT2D eigenvalue weighted by Gasteiger charge is -2.27. The first-order chi connectivity index (χ1) is 16.8. The van der Waals surface area contributed by atoms with E-state index in [1.165, 1.54) is 0 Å². The van der Waals surface area contributed by atoms with Gasteiger partial charge in [-0.1, -0.05) is 26.6 Å². The van der Waals surface area contributed by atoms with Crippen molar-refractivity contribution in [3.05, 3.63) is 18.0 Å². The van der Waals surface area contributed by atoms with Crippen molar-refractivity contribution < 1.29 is 19.1 Å². The molecule has 1 amide bonds. The molecule has 1 aliphatic heterocycles. The zero-order valence-corrected chi connectivity index (χ0v) is 24.3. The van der Waals surface area contributed by atoms with E-state index in [1.807, 2.05) is 50.4 Å². The van der Waals surface area contributed by atoms with Crippen LogP contribution in [0.2, 0.25) is 25.7 Å². The minimum absolute atomic E-state index is 0.0643. The molecule has 3 rings (SSSR count). The minimum atomic E-state index is -1.18. The Balaban J connectivity index is 1.79. The third kappa shape index (κ3) is 7.28. The van der Waals surface area contributed by atoms with Gasteiger partial charge in [-0.3, -0.25) is 4.79 Å². The molecule has 1 aliphatic rings. The maximum absolute atomic E-state index is 12.9. The van der Waals surface area contributed by atoms with E-state index in [2.05, 4.69) is 19.6 Å². The number of likely N-dealkylation sites (N-methyl/N-ethyl adjacent to an activating group) is 1. The number of aromatic nitrogens is 3. The Bertz CT molecular complexity index is 1070. The molecule has 0 spiro atoms. The van der Waals surface area contributed by atoms with Crippen LogP contribution in [0.3, 0.4) is 0 Å². The molecule has 0 saturated carbocycles. The monoisotopic (exact) mass is 517 g/mol. The third-order valence-corrected chi connectivity index (χ3v) is 7.99. The number of Topliss-reactive ketones (excluding diaryl/α,β-unsaturated/α-hetero) is 1. The van der Waals surface area contributed by atoms with Gasteiger partial charge in [-0.25, -0.2) is 14.8 Å². The summed E-state index contributed by atoms with van der Waals surface area (Å²) in [5.74, 6) is 0.746. The molecule has 1 saturated heterocycles. The first-order valence-electron chi connectivity index (χ1n) is 13.0. The molecule has 2 aromatic rings. The van der Waals surface area contributed by atoms with Crippen LogP contribution in [0.25, 0.3) is 11.2 Å². The fourth-order valence-electron chi connectivity index (χ4n) is 4.16. The van der Waals surface area contributed by atoms with Crippen molar-refractivity contribution in [2.24, 2.45) is 0 Å². The molecule has 1 unspecified atom stereocenters. The van der Waals surface area contributed by atoms with Gasteiger partial charge in [0, 0.05) is 53.5 Å². The number of carbonyl (C=O) groups is 2. The predicted octanol–water partition coefficient (Wildman–Crippen LogP) is 5.17. The standard InChI is InChI=1S/C26H43N5O4Si/c1-9-10-21(32)20-17-31(18-34-13-14-36(6,7)8)24-23(20)28-22(15-27-24)29(5)19-11-12-30(16-19)25(33)35-26(2,3)4/h15,17,19H,9-14,16,18H2,1-8H3. The molecule has 2 aromatic heterocycles. The highest BCUT2D eigenvalue weighted by Crippen LogP contribution is 2.26. The maximum atomic E-state index is 12.9. The average molecular weight is 518 g/mol. The highest BCUT2D eigenvalue weighted by Gasteiger charge is 2.32. The van der Waals surface area contributed by atoms with Crippen LogP contribution < -0.4 is 4.90 Å². The van der Waals surface area contributed by atoms with E-state index >= 15 is 0 Å². The van der Waals surface area contributed by atoms with Crippen molar-refractivity contribution in [2.75, 3.05) is 31.6 Å². The lowest BCUT2D eigenvalue weighted by atomic mass is 10.1. The molecule has 0 bridgehead atoms. The lowest BCUT2D eigenvalue weighted by Crippen LogP contribution is -2.39. The molecular weight excluding hydrogens is 474 g/mol. The van der Waals surface area contributed by atoms with E-state index in [9.17, 15) is 9.59 Å². The normalized spacial score (nSPS) is 16.6. The average Bonchev–Trinajstić information content (AvgIpc) is 3.40. The molecule has 0 N–H and O–H groups in total. The number of ether oxygens (including phenoxy) is 2.